The molecule has 0 saturated heterocycles. The molecular weight excluding hydrogens is 296 g/mol. The van der Waals surface area contributed by atoms with Gasteiger partial charge in [0.25, 0.3) is 0 Å². The van der Waals surface area contributed by atoms with Gasteiger partial charge in [-0.2, -0.15) is 0 Å². The van der Waals surface area contributed by atoms with Crippen molar-refractivity contribution in [2.24, 2.45) is 0 Å². The topological polar surface area (TPSA) is 102 Å². The number of amides is 2. The molecule has 9 heteroatoms. The van der Waals surface area contributed by atoms with Gasteiger partial charge in [0, 0.05) is 12.2 Å². The molecule has 120 valence electrons. The number of anilines is 1. The van der Waals surface area contributed by atoms with Crippen molar-refractivity contribution in [1.82, 2.24) is 34.7 Å². The molecule has 2 N–H and O–H groups in total. The van der Waals surface area contributed by atoms with E-state index in [4.69, 9.17) is 0 Å². The Morgan fingerprint density at radius 2 is 1.96 bits per heavy atom. The third-order valence-electron chi connectivity index (χ3n) is 3.46. The first-order valence-electron chi connectivity index (χ1n) is 7.31. The van der Waals surface area contributed by atoms with Crippen LogP contribution in [0.15, 0.2) is 31.0 Å². The summed E-state index contributed by atoms with van der Waals surface area (Å²) in [5.41, 5.74) is 1.17. The van der Waals surface area contributed by atoms with Crippen molar-refractivity contribution in [2.75, 3.05) is 5.32 Å². The molecule has 0 aromatic carbocycles. The molecule has 0 unspecified atom stereocenters. The van der Waals surface area contributed by atoms with E-state index in [-0.39, 0.29) is 18.1 Å². The summed E-state index contributed by atoms with van der Waals surface area (Å²) in [6.45, 7) is 5.93. The number of hydrogen-bond acceptors (Lipinski definition) is 5. The zero-order chi connectivity index (χ0) is 16.4. The van der Waals surface area contributed by atoms with Crippen LogP contribution in [0.25, 0.3) is 5.65 Å². The Bertz CT molecular complexity index is 821. The highest BCUT2D eigenvalue weighted by molar-refractivity contribution is 5.93. The van der Waals surface area contributed by atoms with Gasteiger partial charge in [-0.15, -0.1) is 20.4 Å². The SMILES string of the molecule is CC(C)n1cnnc1[C@@H](C)NC(=O)Nc1cccn2cnnc12. The lowest BCUT2D eigenvalue weighted by Crippen LogP contribution is -2.33. The molecule has 1 atom stereocenters. The van der Waals surface area contributed by atoms with Gasteiger partial charge in [-0.1, -0.05) is 0 Å². The van der Waals surface area contributed by atoms with Gasteiger partial charge in [-0.05, 0) is 32.9 Å². The molecule has 0 aliphatic heterocycles. The summed E-state index contributed by atoms with van der Waals surface area (Å²) in [6.07, 6.45) is 5.05. The Kier molecular flexibility index (Phi) is 3.92. The molecule has 9 nitrogen and oxygen atoms in total. The number of fused-ring (bicyclic) bond motifs is 1. The van der Waals surface area contributed by atoms with Crippen LogP contribution >= 0.6 is 0 Å². The Morgan fingerprint density at radius 3 is 2.74 bits per heavy atom. The number of rotatable bonds is 4. The maximum absolute atomic E-state index is 12.2. The van der Waals surface area contributed by atoms with Crippen LogP contribution < -0.4 is 10.6 Å². The highest BCUT2D eigenvalue weighted by Crippen LogP contribution is 2.16. The van der Waals surface area contributed by atoms with Gasteiger partial charge in [0.15, 0.2) is 11.5 Å². The van der Waals surface area contributed by atoms with E-state index in [9.17, 15) is 4.79 Å². The van der Waals surface area contributed by atoms with Gasteiger partial charge in [-0.3, -0.25) is 4.40 Å². The molecule has 0 radical (unpaired) electrons. The highest BCUT2D eigenvalue weighted by Gasteiger charge is 2.17. The maximum atomic E-state index is 12.2. The minimum Gasteiger partial charge on any atom is -0.328 e. The van der Waals surface area contributed by atoms with Crippen molar-refractivity contribution in [2.45, 2.75) is 32.9 Å². The van der Waals surface area contributed by atoms with Crippen LogP contribution in [0.1, 0.15) is 38.7 Å². The average Bonchev–Trinajstić information content (AvgIpc) is 3.16. The third kappa shape index (κ3) is 2.98. The van der Waals surface area contributed by atoms with E-state index >= 15 is 0 Å². The van der Waals surface area contributed by atoms with E-state index in [1.807, 2.05) is 37.6 Å². The number of hydrogen-bond donors (Lipinski definition) is 2. The second-order valence-corrected chi connectivity index (χ2v) is 5.49. The van der Waals surface area contributed by atoms with E-state index in [0.29, 0.717) is 17.2 Å². The van der Waals surface area contributed by atoms with Gasteiger partial charge in [0.2, 0.25) is 0 Å². The van der Waals surface area contributed by atoms with Crippen molar-refractivity contribution < 1.29 is 4.79 Å². The van der Waals surface area contributed by atoms with E-state index in [1.54, 1.807) is 23.1 Å². The monoisotopic (exact) mass is 314 g/mol. The molecule has 0 aliphatic rings. The number of pyridine rings is 1. The molecule has 0 saturated carbocycles. The maximum Gasteiger partial charge on any atom is 0.319 e. The highest BCUT2D eigenvalue weighted by atomic mass is 16.2. The van der Waals surface area contributed by atoms with Crippen molar-refractivity contribution >= 4 is 17.4 Å². The van der Waals surface area contributed by atoms with Gasteiger partial charge < -0.3 is 15.2 Å². The molecule has 3 aromatic rings. The number of carbonyl (C=O) groups excluding carboxylic acids is 1. The average molecular weight is 314 g/mol. The summed E-state index contributed by atoms with van der Waals surface area (Å²) >= 11 is 0. The van der Waals surface area contributed by atoms with Crippen molar-refractivity contribution in [3.05, 3.63) is 36.8 Å². The second kappa shape index (κ2) is 6.03. The van der Waals surface area contributed by atoms with Crippen LogP contribution in [0.4, 0.5) is 10.5 Å². The Morgan fingerprint density at radius 1 is 1.17 bits per heavy atom. The smallest absolute Gasteiger partial charge is 0.319 e. The van der Waals surface area contributed by atoms with E-state index in [1.165, 1.54) is 0 Å². The summed E-state index contributed by atoms with van der Waals surface area (Å²) in [7, 11) is 0. The van der Waals surface area contributed by atoms with Crippen LogP contribution in [0.5, 0.6) is 0 Å². The fourth-order valence-electron chi connectivity index (χ4n) is 2.33. The minimum atomic E-state index is -0.341. The number of nitrogens with zero attached hydrogens (tertiary/aromatic N) is 6. The summed E-state index contributed by atoms with van der Waals surface area (Å²) in [5.74, 6) is 0.704. The predicted octanol–water partition coefficient (Wildman–Crippen LogP) is 1.78. The fraction of sp³-hybridized carbons (Fsp3) is 0.357. The van der Waals surface area contributed by atoms with E-state index in [0.717, 1.165) is 0 Å². The summed E-state index contributed by atoms with van der Waals surface area (Å²) in [6, 6.07) is 3.18. The first-order chi connectivity index (χ1) is 11.1. The first kappa shape index (κ1) is 14.9. The van der Waals surface area contributed by atoms with Crippen molar-refractivity contribution in [1.29, 1.82) is 0 Å². The van der Waals surface area contributed by atoms with Gasteiger partial charge in [-0.25, -0.2) is 4.79 Å². The summed E-state index contributed by atoms with van der Waals surface area (Å²) in [4.78, 5) is 12.2. The molecule has 2 amide bonds. The predicted molar refractivity (Wildman–Crippen MR) is 84.0 cm³/mol. The number of aromatic nitrogens is 6. The molecule has 0 aliphatic carbocycles. The quantitative estimate of drug-likeness (QED) is 0.764. The summed E-state index contributed by atoms with van der Waals surface area (Å²) in [5, 5.41) is 21.4. The lowest BCUT2D eigenvalue weighted by Gasteiger charge is -2.17. The zero-order valence-electron chi connectivity index (χ0n) is 13.1. The zero-order valence-corrected chi connectivity index (χ0v) is 13.1. The third-order valence-corrected chi connectivity index (χ3v) is 3.46. The largest absolute Gasteiger partial charge is 0.328 e. The minimum absolute atomic E-state index is 0.219. The standard InChI is InChI=1S/C14H18N8O/c1-9(2)22-8-16-19-12(22)10(3)17-14(23)18-11-5-4-6-21-7-15-20-13(11)21/h4-10H,1-3H3,(H2,17,18,23)/t10-/m1/s1. The van der Waals surface area contributed by atoms with Crippen LogP contribution in [0, 0.1) is 0 Å². The molecule has 0 fully saturated rings. The Hall–Kier alpha value is -2.97. The first-order valence-corrected chi connectivity index (χ1v) is 7.31. The fourth-order valence-corrected chi connectivity index (χ4v) is 2.33. The van der Waals surface area contributed by atoms with Crippen LogP contribution in [-0.4, -0.2) is 35.4 Å². The van der Waals surface area contributed by atoms with Crippen LogP contribution in [0.3, 0.4) is 0 Å². The molecule has 3 rings (SSSR count). The molecule has 0 bridgehead atoms. The van der Waals surface area contributed by atoms with Crippen molar-refractivity contribution in [3.63, 3.8) is 0 Å². The number of carbonyl (C=O) groups is 1. The van der Waals surface area contributed by atoms with Gasteiger partial charge in [0.1, 0.15) is 12.7 Å². The number of urea groups is 1. The van der Waals surface area contributed by atoms with Crippen LogP contribution in [-0.2, 0) is 0 Å². The molecule has 3 heterocycles. The Labute approximate surface area is 132 Å². The molecule has 0 spiro atoms. The summed E-state index contributed by atoms with van der Waals surface area (Å²) < 4.78 is 3.65. The van der Waals surface area contributed by atoms with E-state index in [2.05, 4.69) is 31.0 Å². The lowest BCUT2D eigenvalue weighted by atomic mass is 10.3. The normalized spacial score (nSPS) is 12.5. The van der Waals surface area contributed by atoms with Crippen LogP contribution in [0.2, 0.25) is 0 Å². The van der Waals surface area contributed by atoms with Crippen molar-refractivity contribution in [3.8, 4) is 0 Å². The molecule has 23 heavy (non-hydrogen) atoms. The lowest BCUT2D eigenvalue weighted by molar-refractivity contribution is 0.248. The number of nitrogens with one attached hydrogen (secondary N) is 2. The van der Waals surface area contributed by atoms with E-state index < -0.39 is 0 Å². The molecule has 3 aromatic heterocycles. The van der Waals surface area contributed by atoms with Gasteiger partial charge in [0.05, 0.1) is 11.7 Å². The second-order valence-electron chi connectivity index (χ2n) is 5.49. The van der Waals surface area contributed by atoms with Gasteiger partial charge >= 0.3 is 6.03 Å². The molecular formula is C14H18N8O. The Balaban J connectivity index is 1.72.